The molecule has 2 N–H and O–H groups in total. The molecule has 0 spiro atoms. The molecule has 2 rings (SSSR count). The van der Waals surface area contributed by atoms with Crippen LogP contribution in [0.15, 0.2) is 42.5 Å². The van der Waals surface area contributed by atoms with Gasteiger partial charge in [0.2, 0.25) is 0 Å². The van der Waals surface area contributed by atoms with E-state index in [0.717, 1.165) is 11.3 Å². The molecule has 0 fully saturated rings. The zero-order chi connectivity index (χ0) is 15.2. The van der Waals surface area contributed by atoms with Crippen LogP contribution in [0.3, 0.4) is 0 Å². The fraction of sp³-hybridized carbons (Fsp3) is 0.294. The summed E-state index contributed by atoms with van der Waals surface area (Å²) in [7, 11) is 0. The van der Waals surface area contributed by atoms with Crippen LogP contribution < -0.4 is 10.1 Å². The third-order valence-electron chi connectivity index (χ3n) is 3.15. The van der Waals surface area contributed by atoms with Gasteiger partial charge in [0.1, 0.15) is 24.3 Å². The molecule has 0 heterocycles. The van der Waals surface area contributed by atoms with Crippen molar-refractivity contribution in [2.75, 3.05) is 18.5 Å². The standard InChI is InChI=1S/C17H20FNO2/c1-12-4-3-5-16(8-12)21-11-15(20)10-19-14-7-6-13(2)17(18)9-14/h3-9,15,19-20H,10-11H2,1-2H3. The number of hydrogen-bond donors (Lipinski definition) is 2. The first kappa shape index (κ1) is 15.3. The van der Waals surface area contributed by atoms with Crippen molar-refractivity contribution in [1.82, 2.24) is 0 Å². The Morgan fingerprint density at radius 1 is 1.19 bits per heavy atom. The van der Waals surface area contributed by atoms with E-state index in [-0.39, 0.29) is 12.4 Å². The van der Waals surface area contributed by atoms with E-state index in [0.29, 0.717) is 17.8 Å². The van der Waals surface area contributed by atoms with Crippen LogP contribution in [0.2, 0.25) is 0 Å². The number of benzene rings is 2. The van der Waals surface area contributed by atoms with Gasteiger partial charge in [-0.3, -0.25) is 0 Å². The van der Waals surface area contributed by atoms with E-state index in [2.05, 4.69) is 5.32 Å². The fourth-order valence-corrected chi connectivity index (χ4v) is 1.89. The van der Waals surface area contributed by atoms with Crippen molar-refractivity contribution < 1.29 is 14.2 Å². The summed E-state index contributed by atoms with van der Waals surface area (Å²) < 4.78 is 18.9. The molecule has 2 aromatic carbocycles. The van der Waals surface area contributed by atoms with Gasteiger partial charge in [-0.05, 0) is 49.2 Å². The molecule has 0 bridgehead atoms. The molecule has 0 aromatic heterocycles. The molecule has 0 saturated heterocycles. The van der Waals surface area contributed by atoms with Crippen LogP contribution in [0.4, 0.5) is 10.1 Å². The number of aliphatic hydroxyl groups is 1. The van der Waals surface area contributed by atoms with E-state index in [1.807, 2.05) is 31.2 Å². The molecule has 1 unspecified atom stereocenters. The van der Waals surface area contributed by atoms with Gasteiger partial charge in [0.15, 0.2) is 0 Å². The molecule has 0 aliphatic rings. The molecule has 112 valence electrons. The van der Waals surface area contributed by atoms with Crippen molar-refractivity contribution in [3.8, 4) is 5.75 Å². The lowest BCUT2D eigenvalue weighted by molar-refractivity contribution is 0.117. The van der Waals surface area contributed by atoms with Gasteiger partial charge in [0.25, 0.3) is 0 Å². The third-order valence-corrected chi connectivity index (χ3v) is 3.15. The molecule has 0 amide bonds. The van der Waals surface area contributed by atoms with Gasteiger partial charge in [-0.15, -0.1) is 0 Å². The minimum absolute atomic E-state index is 0.185. The Hall–Kier alpha value is -2.07. The lowest BCUT2D eigenvalue weighted by Crippen LogP contribution is -2.26. The van der Waals surface area contributed by atoms with Crippen LogP contribution in [-0.4, -0.2) is 24.4 Å². The zero-order valence-corrected chi connectivity index (χ0v) is 12.3. The summed E-state index contributed by atoms with van der Waals surface area (Å²) in [5.41, 5.74) is 2.35. The number of anilines is 1. The van der Waals surface area contributed by atoms with Gasteiger partial charge in [0, 0.05) is 12.2 Å². The summed E-state index contributed by atoms with van der Waals surface area (Å²) in [4.78, 5) is 0. The summed E-state index contributed by atoms with van der Waals surface area (Å²) in [5.74, 6) is 0.473. The minimum atomic E-state index is -0.671. The Bertz CT molecular complexity index is 601. The number of hydrogen-bond acceptors (Lipinski definition) is 3. The smallest absolute Gasteiger partial charge is 0.128 e. The first-order chi connectivity index (χ1) is 10.0. The van der Waals surface area contributed by atoms with Crippen molar-refractivity contribution in [3.63, 3.8) is 0 Å². The van der Waals surface area contributed by atoms with Crippen molar-refractivity contribution in [2.24, 2.45) is 0 Å². The van der Waals surface area contributed by atoms with Gasteiger partial charge in [-0.2, -0.15) is 0 Å². The van der Waals surface area contributed by atoms with Crippen LogP contribution in [0, 0.1) is 19.7 Å². The summed E-state index contributed by atoms with van der Waals surface area (Å²) in [6.07, 6.45) is -0.671. The highest BCUT2D eigenvalue weighted by atomic mass is 19.1. The lowest BCUT2D eigenvalue weighted by Gasteiger charge is -2.14. The summed E-state index contributed by atoms with van der Waals surface area (Å²) >= 11 is 0. The number of aliphatic hydroxyl groups excluding tert-OH is 1. The average Bonchev–Trinajstić information content (AvgIpc) is 2.46. The highest BCUT2D eigenvalue weighted by Crippen LogP contribution is 2.14. The molecule has 4 heteroatoms. The van der Waals surface area contributed by atoms with Crippen LogP contribution in [0.25, 0.3) is 0 Å². The maximum Gasteiger partial charge on any atom is 0.128 e. The zero-order valence-electron chi connectivity index (χ0n) is 12.3. The second kappa shape index (κ2) is 7.09. The fourth-order valence-electron chi connectivity index (χ4n) is 1.89. The van der Waals surface area contributed by atoms with Gasteiger partial charge in [-0.25, -0.2) is 4.39 Å². The maximum absolute atomic E-state index is 13.4. The Balaban J connectivity index is 1.79. The van der Waals surface area contributed by atoms with Gasteiger partial charge < -0.3 is 15.2 Å². The van der Waals surface area contributed by atoms with Crippen LogP contribution in [0.5, 0.6) is 5.75 Å². The Morgan fingerprint density at radius 2 is 2.00 bits per heavy atom. The number of nitrogens with one attached hydrogen (secondary N) is 1. The number of ether oxygens (including phenoxy) is 1. The molecule has 1 atom stereocenters. The summed E-state index contributed by atoms with van der Waals surface area (Å²) in [6.45, 7) is 4.18. The molecule has 0 saturated carbocycles. The average molecular weight is 289 g/mol. The molecule has 2 aromatic rings. The maximum atomic E-state index is 13.4. The summed E-state index contributed by atoms with van der Waals surface area (Å²) in [6, 6.07) is 12.6. The van der Waals surface area contributed by atoms with E-state index < -0.39 is 6.10 Å². The normalized spacial score (nSPS) is 12.0. The Labute approximate surface area is 124 Å². The van der Waals surface area contributed by atoms with Gasteiger partial charge in [-0.1, -0.05) is 18.2 Å². The van der Waals surface area contributed by atoms with Gasteiger partial charge in [0.05, 0.1) is 0 Å². The number of halogens is 1. The largest absolute Gasteiger partial charge is 0.491 e. The van der Waals surface area contributed by atoms with Crippen LogP contribution in [-0.2, 0) is 0 Å². The first-order valence-corrected chi connectivity index (χ1v) is 6.92. The van der Waals surface area contributed by atoms with Crippen molar-refractivity contribution in [1.29, 1.82) is 0 Å². The van der Waals surface area contributed by atoms with Crippen LogP contribution in [0.1, 0.15) is 11.1 Å². The third kappa shape index (κ3) is 4.76. The van der Waals surface area contributed by atoms with Crippen molar-refractivity contribution in [3.05, 3.63) is 59.4 Å². The number of aryl methyl sites for hydroxylation is 2. The topological polar surface area (TPSA) is 41.5 Å². The van der Waals surface area contributed by atoms with Gasteiger partial charge >= 0.3 is 0 Å². The SMILES string of the molecule is Cc1cccc(OCC(O)CNc2ccc(C)c(F)c2)c1. The molecule has 3 nitrogen and oxygen atoms in total. The predicted molar refractivity (Wildman–Crippen MR) is 82.3 cm³/mol. The van der Waals surface area contributed by atoms with E-state index in [9.17, 15) is 9.50 Å². The molecule has 21 heavy (non-hydrogen) atoms. The van der Waals surface area contributed by atoms with Crippen LogP contribution >= 0.6 is 0 Å². The second-order valence-electron chi connectivity index (χ2n) is 5.13. The van der Waals surface area contributed by atoms with Crippen molar-refractivity contribution in [2.45, 2.75) is 20.0 Å². The van der Waals surface area contributed by atoms with E-state index in [1.165, 1.54) is 6.07 Å². The highest BCUT2D eigenvalue weighted by molar-refractivity contribution is 5.45. The summed E-state index contributed by atoms with van der Waals surface area (Å²) in [5, 5.41) is 12.9. The predicted octanol–water partition coefficient (Wildman–Crippen LogP) is 3.29. The van der Waals surface area contributed by atoms with Crippen molar-refractivity contribution >= 4 is 5.69 Å². The molecular weight excluding hydrogens is 269 g/mol. The Morgan fingerprint density at radius 3 is 2.71 bits per heavy atom. The monoisotopic (exact) mass is 289 g/mol. The van der Waals surface area contributed by atoms with E-state index >= 15 is 0 Å². The second-order valence-corrected chi connectivity index (χ2v) is 5.13. The first-order valence-electron chi connectivity index (χ1n) is 6.92. The molecule has 0 aliphatic carbocycles. The highest BCUT2D eigenvalue weighted by Gasteiger charge is 2.06. The lowest BCUT2D eigenvalue weighted by atomic mass is 10.2. The van der Waals surface area contributed by atoms with E-state index in [1.54, 1.807) is 19.1 Å². The minimum Gasteiger partial charge on any atom is -0.491 e. The molecular formula is C17H20FNO2. The number of rotatable bonds is 6. The Kier molecular flexibility index (Phi) is 5.17. The quantitative estimate of drug-likeness (QED) is 0.857. The molecule has 0 radical (unpaired) electrons. The van der Waals surface area contributed by atoms with E-state index in [4.69, 9.17) is 4.74 Å². The molecule has 0 aliphatic heterocycles.